The predicted molar refractivity (Wildman–Crippen MR) is 51.1 cm³/mol. The molecular formula is C2H4Cl2OP2S2+2. The highest BCUT2D eigenvalue weighted by Gasteiger charge is 2.23. The van der Waals surface area contributed by atoms with Crippen molar-refractivity contribution in [1.82, 2.24) is 0 Å². The molecule has 0 bridgehead atoms. The van der Waals surface area contributed by atoms with Crippen LogP contribution in [0.15, 0.2) is 0 Å². The maximum atomic E-state index is 5.37. The molecule has 0 amide bonds. The zero-order valence-corrected chi connectivity index (χ0v) is 9.22. The van der Waals surface area contributed by atoms with Gasteiger partial charge in [-0.05, 0) is 0 Å². The largest absolute Gasteiger partial charge is 0.412 e. The SMILES string of the molecule is S=[P+](CCl)O[P+](=S)CCl. The van der Waals surface area contributed by atoms with Crippen LogP contribution in [0.1, 0.15) is 0 Å². The first-order valence-corrected chi connectivity index (χ1v) is 7.88. The summed E-state index contributed by atoms with van der Waals surface area (Å²) in [6.45, 7) is -1.87. The van der Waals surface area contributed by atoms with Crippen molar-refractivity contribution in [3.05, 3.63) is 0 Å². The Bertz CT molecular complexity index is 116. The molecule has 0 aromatic rings. The van der Waals surface area contributed by atoms with Crippen molar-refractivity contribution in [2.45, 2.75) is 0 Å². The highest BCUT2D eigenvalue weighted by molar-refractivity contribution is 8.10. The van der Waals surface area contributed by atoms with Crippen LogP contribution in [0.25, 0.3) is 0 Å². The van der Waals surface area contributed by atoms with Crippen LogP contribution in [0.5, 0.6) is 0 Å². The molecular weight excluding hydrogens is 237 g/mol. The van der Waals surface area contributed by atoms with Crippen LogP contribution >= 0.6 is 37.0 Å². The van der Waals surface area contributed by atoms with E-state index < -0.39 is 13.8 Å². The minimum absolute atomic E-state index is 0.358. The molecule has 0 aliphatic heterocycles. The maximum Gasteiger partial charge on any atom is 0.412 e. The molecule has 9 heavy (non-hydrogen) atoms. The van der Waals surface area contributed by atoms with Gasteiger partial charge >= 0.3 is 13.8 Å². The molecule has 0 aliphatic carbocycles. The molecule has 0 saturated heterocycles. The Hall–Kier alpha value is 1.58. The molecule has 0 N–H and O–H groups in total. The molecule has 0 aromatic heterocycles. The first-order chi connectivity index (χ1) is 4.20. The van der Waals surface area contributed by atoms with Gasteiger partial charge in [-0.3, -0.25) is 0 Å². The fourth-order valence-corrected chi connectivity index (χ4v) is 3.92. The van der Waals surface area contributed by atoms with Crippen LogP contribution in [0.3, 0.4) is 0 Å². The van der Waals surface area contributed by atoms with E-state index in [2.05, 4.69) is 0 Å². The summed E-state index contributed by atoms with van der Waals surface area (Å²) in [6, 6.07) is 0. The van der Waals surface area contributed by atoms with Crippen molar-refractivity contribution in [2.24, 2.45) is 0 Å². The third kappa shape index (κ3) is 6.00. The van der Waals surface area contributed by atoms with Gasteiger partial charge in [0, 0.05) is 4.31 Å². The second-order valence-electron chi connectivity index (χ2n) is 0.986. The standard InChI is InChI=1S/C2H4Cl2OP2S2/c3-1-6(8)5-7(9)2-4/h1-2H2/q+2. The van der Waals surface area contributed by atoms with E-state index in [0.29, 0.717) is 11.2 Å². The van der Waals surface area contributed by atoms with E-state index in [0.717, 1.165) is 0 Å². The molecule has 0 saturated carbocycles. The molecule has 2 unspecified atom stereocenters. The van der Waals surface area contributed by atoms with Crippen LogP contribution in [-0.2, 0) is 27.9 Å². The molecule has 0 rings (SSSR count). The molecule has 1 nitrogen and oxygen atoms in total. The summed E-state index contributed by atoms with van der Waals surface area (Å²) in [5.74, 6) is 0. The van der Waals surface area contributed by atoms with E-state index in [1.54, 1.807) is 0 Å². The van der Waals surface area contributed by atoms with E-state index in [9.17, 15) is 0 Å². The minimum atomic E-state index is -0.935. The quantitative estimate of drug-likeness (QED) is 0.552. The van der Waals surface area contributed by atoms with Gasteiger partial charge in [-0.15, -0.1) is 0 Å². The number of rotatable bonds is 4. The third-order valence-electron chi connectivity index (χ3n) is 0.377. The molecule has 7 heteroatoms. The lowest BCUT2D eigenvalue weighted by molar-refractivity contribution is 0.726. The Morgan fingerprint density at radius 1 is 1.11 bits per heavy atom. The number of alkyl halides is 2. The summed E-state index contributed by atoms with van der Waals surface area (Å²) in [5, 5.41) is 0. The van der Waals surface area contributed by atoms with Crippen LogP contribution in [0.4, 0.5) is 0 Å². The van der Waals surface area contributed by atoms with E-state index in [4.69, 9.17) is 51.1 Å². The molecule has 2 atom stereocenters. The lowest BCUT2D eigenvalue weighted by atomic mass is 11.9. The summed E-state index contributed by atoms with van der Waals surface area (Å²) in [4.78, 5) is 0. The van der Waals surface area contributed by atoms with Crippen LogP contribution in [0, 0.1) is 0 Å². The highest BCUT2D eigenvalue weighted by atomic mass is 35.5. The van der Waals surface area contributed by atoms with E-state index in [1.807, 2.05) is 0 Å². The molecule has 52 valence electrons. The average Bonchev–Trinajstić information content (AvgIpc) is 1.87. The average molecular weight is 241 g/mol. The summed E-state index contributed by atoms with van der Waals surface area (Å²) < 4.78 is 5.04. The fraction of sp³-hybridized carbons (Fsp3) is 1.00. The van der Waals surface area contributed by atoms with Gasteiger partial charge in [0.1, 0.15) is 0 Å². The van der Waals surface area contributed by atoms with Gasteiger partial charge in [0.2, 0.25) is 34.9 Å². The molecule has 0 aliphatic rings. The number of hydrogen-bond acceptors (Lipinski definition) is 3. The summed E-state index contributed by atoms with van der Waals surface area (Å²) in [5.41, 5.74) is 0.716. The molecule has 0 fully saturated rings. The zero-order valence-electron chi connectivity index (χ0n) is 4.29. The Kier molecular flexibility index (Phi) is 7.41. The van der Waals surface area contributed by atoms with Crippen molar-refractivity contribution in [2.75, 3.05) is 11.2 Å². The predicted octanol–water partition coefficient (Wildman–Crippen LogP) is 3.11. The van der Waals surface area contributed by atoms with Crippen molar-refractivity contribution < 1.29 is 4.31 Å². The van der Waals surface area contributed by atoms with E-state index in [-0.39, 0.29) is 0 Å². The lowest BCUT2D eigenvalue weighted by Crippen LogP contribution is -1.66. The Balaban J connectivity index is 3.47. The normalized spacial score (nSPS) is 13.1. The molecule has 0 aromatic carbocycles. The zero-order chi connectivity index (χ0) is 7.28. The summed E-state index contributed by atoms with van der Waals surface area (Å²) in [7, 11) is 0. The Labute approximate surface area is 76.1 Å². The lowest BCUT2D eigenvalue weighted by Gasteiger charge is -1.72. The van der Waals surface area contributed by atoms with Gasteiger partial charge in [-0.2, -0.15) is 0 Å². The Morgan fingerprint density at radius 3 is 1.67 bits per heavy atom. The van der Waals surface area contributed by atoms with E-state index in [1.165, 1.54) is 0 Å². The van der Waals surface area contributed by atoms with Crippen LogP contribution in [0.2, 0.25) is 0 Å². The van der Waals surface area contributed by atoms with Crippen molar-refractivity contribution >= 4 is 60.7 Å². The first-order valence-electron chi connectivity index (χ1n) is 1.90. The molecule has 0 heterocycles. The number of hydrogen-bond donors (Lipinski definition) is 0. The van der Waals surface area contributed by atoms with Crippen molar-refractivity contribution in [1.29, 1.82) is 0 Å². The van der Waals surface area contributed by atoms with Gasteiger partial charge in [0.15, 0.2) is 0 Å². The Morgan fingerprint density at radius 2 is 1.44 bits per heavy atom. The second-order valence-corrected chi connectivity index (χ2v) is 7.33. The monoisotopic (exact) mass is 240 g/mol. The van der Waals surface area contributed by atoms with Crippen LogP contribution < -0.4 is 0 Å². The van der Waals surface area contributed by atoms with Gasteiger partial charge in [-0.25, -0.2) is 0 Å². The second kappa shape index (κ2) is 6.30. The van der Waals surface area contributed by atoms with Gasteiger partial charge in [0.25, 0.3) is 0 Å². The van der Waals surface area contributed by atoms with Crippen molar-refractivity contribution in [3.8, 4) is 0 Å². The minimum Gasteiger partial charge on any atom is -0.0692 e. The molecule has 0 spiro atoms. The smallest absolute Gasteiger partial charge is 0.0692 e. The van der Waals surface area contributed by atoms with Crippen LogP contribution in [-0.4, -0.2) is 11.2 Å². The van der Waals surface area contributed by atoms with Crippen molar-refractivity contribution in [3.63, 3.8) is 0 Å². The fourth-order valence-electron chi connectivity index (χ4n) is 0.145. The summed E-state index contributed by atoms with van der Waals surface area (Å²) in [6.07, 6.45) is 0. The highest BCUT2D eigenvalue weighted by Crippen LogP contribution is 2.39. The number of halogens is 2. The van der Waals surface area contributed by atoms with Gasteiger partial charge in [-0.1, -0.05) is 23.2 Å². The third-order valence-corrected chi connectivity index (χ3v) is 6.35. The van der Waals surface area contributed by atoms with Gasteiger partial charge < -0.3 is 0 Å². The van der Waals surface area contributed by atoms with Gasteiger partial charge in [0.05, 0.1) is 0 Å². The summed E-state index contributed by atoms with van der Waals surface area (Å²) >= 11 is 20.3. The molecule has 0 radical (unpaired) electrons. The maximum absolute atomic E-state index is 5.37. The van der Waals surface area contributed by atoms with E-state index >= 15 is 0 Å². The first kappa shape index (κ1) is 10.6. The topological polar surface area (TPSA) is 9.23 Å².